The Labute approximate surface area is 209 Å². The Morgan fingerprint density at radius 2 is 2.00 bits per heavy atom. The van der Waals surface area contributed by atoms with Crippen LogP contribution in [0.5, 0.6) is 0 Å². The second kappa shape index (κ2) is 9.27. The molecule has 2 aromatic heterocycles. The molecule has 5 heterocycles. The summed E-state index contributed by atoms with van der Waals surface area (Å²) in [6.07, 6.45) is 0.864. The van der Waals surface area contributed by atoms with Gasteiger partial charge in [0.2, 0.25) is 11.9 Å². The van der Waals surface area contributed by atoms with Crippen LogP contribution in [0.4, 0.5) is 11.8 Å². The van der Waals surface area contributed by atoms with E-state index in [1.807, 2.05) is 24.3 Å². The number of primary amides is 1. The second-order valence-corrected chi connectivity index (χ2v) is 9.73. The number of nitrogens with two attached hydrogens (primary N) is 1. The largest absolute Gasteiger partial charge is 0.378 e. The Bertz CT molecular complexity index is 1290. The lowest BCUT2D eigenvalue weighted by molar-refractivity contribution is -0.0583. The first-order valence-corrected chi connectivity index (χ1v) is 12.4. The number of hydrogen-bond donors (Lipinski definition) is 1. The minimum Gasteiger partial charge on any atom is -0.378 e. The van der Waals surface area contributed by atoms with Gasteiger partial charge in [-0.1, -0.05) is 12.1 Å². The molecule has 3 saturated heterocycles. The molecule has 1 aromatic carbocycles. The molecule has 36 heavy (non-hydrogen) atoms. The molecule has 3 aromatic rings. The average Bonchev–Trinajstić information content (AvgIpc) is 3.35. The van der Waals surface area contributed by atoms with Crippen LogP contribution < -0.4 is 15.5 Å². The number of rotatable bonds is 4. The number of anilines is 2. The summed E-state index contributed by atoms with van der Waals surface area (Å²) in [6.45, 7) is 7.45. The number of benzene rings is 1. The van der Waals surface area contributed by atoms with Gasteiger partial charge in [-0.2, -0.15) is 9.97 Å². The Morgan fingerprint density at radius 3 is 2.81 bits per heavy atom. The number of pyridine rings is 1. The van der Waals surface area contributed by atoms with Gasteiger partial charge in [-0.15, -0.1) is 0 Å². The lowest BCUT2D eigenvalue weighted by Gasteiger charge is -2.40. The standard InChI is InChI=1S/C26H30N6O4/c1-17-14-34-11-9-32(17)24-20-5-6-21(18-3-2-4-19(13-18)22(27)33)28-23(20)29-25(30-24)31-8-12-36-26(15-31)7-10-35-16-26/h2-6,13,17H,7-12,14-16H2,1H3,(H2,27,33)/t17-,26?/m0/s1. The summed E-state index contributed by atoms with van der Waals surface area (Å²) in [5.41, 5.74) is 7.77. The number of nitrogens with zero attached hydrogens (tertiary/aromatic N) is 5. The van der Waals surface area contributed by atoms with Crippen LogP contribution in [0.3, 0.4) is 0 Å². The highest BCUT2D eigenvalue weighted by Gasteiger charge is 2.41. The third-order valence-corrected chi connectivity index (χ3v) is 7.21. The van der Waals surface area contributed by atoms with Crippen LogP contribution >= 0.6 is 0 Å². The minimum absolute atomic E-state index is 0.177. The van der Waals surface area contributed by atoms with Crippen LogP contribution in [0.25, 0.3) is 22.3 Å². The molecular formula is C26H30N6O4. The number of carbonyl (C=O) groups is 1. The topological polar surface area (TPSA) is 116 Å². The van der Waals surface area contributed by atoms with Crippen molar-refractivity contribution in [1.29, 1.82) is 0 Å². The summed E-state index contributed by atoms with van der Waals surface area (Å²) in [6, 6.07) is 11.3. The van der Waals surface area contributed by atoms with Crippen molar-refractivity contribution in [3.05, 3.63) is 42.0 Å². The van der Waals surface area contributed by atoms with Crippen molar-refractivity contribution in [3.8, 4) is 11.3 Å². The van der Waals surface area contributed by atoms with Crippen molar-refractivity contribution >= 4 is 28.7 Å². The van der Waals surface area contributed by atoms with Gasteiger partial charge in [-0.25, -0.2) is 4.98 Å². The Kier molecular flexibility index (Phi) is 5.94. The van der Waals surface area contributed by atoms with Crippen LogP contribution in [-0.4, -0.2) is 85.2 Å². The zero-order chi connectivity index (χ0) is 24.7. The van der Waals surface area contributed by atoms with Crippen LogP contribution in [0.2, 0.25) is 0 Å². The average molecular weight is 491 g/mol. The summed E-state index contributed by atoms with van der Waals surface area (Å²) < 4.78 is 17.5. The molecule has 2 N–H and O–H groups in total. The van der Waals surface area contributed by atoms with Crippen LogP contribution in [0.1, 0.15) is 23.7 Å². The summed E-state index contributed by atoms with van der Waals surface area (Å²) in [7, 11) is 0. The summed E-state index contributed by atoms with van der Waals surface area (Å²) in [4.78, 5) is 31.1. The van der Waals surface area contributed by atoms with Gasteiger partial charge >= 0.3 is 0 Å². The SMILES string of the molecule is C[C@H]1COCCN1c1nc(N2CCOC3(CCOC3)C2)nc2nc(-c3cccc(C(N)=O)c3)ccc12. The van der Waals surface area contributed by atoms with E-state index in [1.54, 1.807) is 12.1 Å². The first-order chi connectivity index (χ1) is 17.5. The van der Waals surface area contributed by atoms with Crippen molar-refractivity contribution in [2.45, 2.75) is 25.0 Å². The van der Waals surface area contributed by atoms with Gasteiger partial charge < -0.3 is 29.7 Å². The molecule has 0 bridgehead atoms. The van der Waals surface area contributed by atoms with E-state index in [2.05, 4.69) is 16.7 Å². The number of fused-ring (bicyclic) bond motifs is 1. The monoisotopic (exact) mass is 490 g/mol. The van der Waals surface area contributed by atoms with Gasteiger partial charge in [0, 0.05) is 37.2 Å². The van der Waals surface area contributed by atoms with E-state index in [0.717, 1.165) is 35.4 Å². The van der Waals surface area contributed by atoms with Gasteiger partial charge in [0.25, 0.3) is 0 Å². The smallest absolute Gasteiger partial charge is 0.248 e. The Balaban J connectivity index is 1.45. The Hall–Kier alpha value is -3.34. The van der Waals surface area contributed by atoms with Crippen LogP contribution in [0.15, 0.2) is 36.4 Å². The maximum atomic E-state index is 11.7. The van der Waals surface area contributed by atoms with Crippen LogP contribution in [0, 0.1) is 0 Å². The van der Waals surface area contributed by atoms with Gasteiger partial charge in [0.1, 0.15) is 11.4 Å². The number of carbonyl (C=O) groups excluding carboxylic acids is 1. The predicted octanol–water partition coefficient (Wildman–Crippen LogP) is 2.01. The third-order valence-electron chi connectivity index (χ3n) is 7.21. The summed E-state index contributed by atoms with van der Waals surface area (Å²) in [5, 5.41) is 0.884. The van der Waals surface area contributed by atoms with E-state index in [0.29, 0.717) is 63.3 Å². The molecule has 10 nitrogen and oxygen atoms in total. The van der Waals surface area contributed by atoms with Gasteiger partial charge in [0.15, 0.2) is 5.65 Å². The van der Waals surface area contributed by atoms with Crippen molar-refractivity contribution < 1.29 is 19.0 Å². The van der Waals surface area contributed by atoms with Crippen molar-refractivity contribution in [2.75, 3.05) is 62.5 Å². The van der Waals surface area contributed by atoms with E-state index < -0.39 is 5.91 Å². The molecule has 188 valence electrons. The fourth-order valence-electron chi connectivity index (χ4n) is 5.22. The second-order valence-electron chi connectivity index (χ2n) is 9.73. The van der Waals surface area contributed by atoms with E-state index >= 15 is 0 Å². The van der Waals surface area contributed by atoms with E-state index in [4.69, 9.17) is 34.9 Å². The quantitative estimate of drug-likeness (QED) is 0.586. The molecule has 0 saturated carbocycles. The van der Waals surface area contributed by atoms with Crippen molar-refractivity contribution in [1.82, 2.24) is 15.0 Å². The molecule has 6 rings (SSSR count). The molecule has 1 amide bonds. The zero-order valence-electron chi connectivity index (χ0n) is 20.4. The molecule has 2 atom stereocenters. The van der Waals surface area contributed by atoms with Gasteiger partial charge in [-0.3, -0.25) is 4.79 Å². The lowest BCUT2D eigenvalue weighted by atomic mass is 10.0. The molecule has 0 aliphatic carbocycles. The maximum absolute atomic E-state index is 11.7. The number of hydrogen-bond acceptors (Lipinski definition) is 9. The fourth-order valence-corrected chi connectivity index (χ4v) is 5.22. The number of amides is 1. The number of aromatic nitrogens is 3. The highest BCUT2D eigenvalue weighted by Crippen LogP contribution is 2.33. The number of morpholine rings is 2. The summed E-state index contributed by atoms with van der Waals surface area (Å²) >= 11 is 0. The normalized spacial score (nSPS) is 24.5. The Morgan fingerprint density at radius 1 is 1.08 bits per heavy atom. The highest BCUT2D eigenvalue weighted by molar-refractivity contribution is 5.94. The molecule has 3 aliphatic rings. The van der Waals surface area contributed by atoms with E-state index in [-0.39, 0.29) is 11.6 Å². The van der Waals surface area contributed by atoms with Gasteiger partial charge in [-0.05, 0) is 31.2 Å². The molecule has 3 fully saturated rings. The minimum atomic E-state index is -0.469. The molecule has 1 unspecified atom stereocenters. The van der Waals surface area contributed by atoms with Crippen molar-refractivity contribution in [2.24, 2.45) is 5.73 Å². The van der Waals surface area contributed by atoms with Crippen LogP contribution in [-0.2, 0) is 14.2 Å². The number of ether oxygens (including phenoxy) is 3. The van der Waals surface area contributed by atoms with E-state index in [9.17, 15) is 4.79 Å². The maximum Gasteiger partial charge on any atom is 0.248 e. The molecule has 0 radical (unpaired) electrons. The van der Waals surface area contributed by atoms with E-state index in [1.165, 1.54) is 0 Å². The molecular weight excluding hydrogens is 460 g/mol. The first kappa shape index (κ1) is 23.1. The molecule has 1 spiro atoms. The predicted molar refractivity (Wildman–Crippen MR) is 135 cm³/mol. The zero-order valence-corrected chi connectivity index (χ0v) is 20.4. The fraction of sp³-hybridized carbons (Fsp3) is 0.462. The third kappa shape index (κ3) is 4.25. The van der Waals surface area contributed by atoms with Crippen molar-refractivity contribution in [3.63, 3.8) is 0 Å². The molecule has 10 heteroatoms. The summed E-state index contributed by atoms with van der Waals surface area (Å²) in [5.74, 6) is 1.03. The molecule has 3 aliphatic heterocycles. The van der Waals surface area contributed by atoms with Gasteiger partial charge in [0.05, 0.1) is 50.1 Å². The first-order valence-electron chi connectivity index (χ1n) is 12.4. The highest BCUT2D eigenvalue weighted by atomic mass is 16.6. The lowest BCUT2D eigenvalue weighted by Crippen LogP contribution is -2.53.